The van der Waals surface area contributed by atoms with Crippen molar-refractivity contribution in [2.24, 2.45) is 0 Å². The van der Waals surface area contributed by atoms with E-state index in [-0.39, 0.29) is 11.6 Å². The summed E-state index contributed by atoms with van der Waals surface area (Å²) in [5, 5.41) is 7.57. The number of rotatable bonds is 11. The zero-order valence-electron chi connectivity index (χ0n) is 19.4. The lowest BCUT2D eigenvalue weighted by Gasteiger charge is -2.12. The van der Waals surface area contributed by atoms with E-state index in [0.29, 0.717) is 23.6 Å². The fourth-order valence-corrected chi connectivity index (χ4v) is 4.53. The zero-order valence-corrected chi connectivity index (χ0v) is 21.1. The fraction of sp³-hybridized carbons (Fsp3) is 0.231. The van der Waals surface area contributed by atoms with Crippen molar-refractivity contribution in [3.05, 3.63) is 87.2 Å². The first-order valence-corrected chi connectivity index (χ1v) is 12.7. The SMILES string of the molecule is COc1ccc(C(=O)N/C(=C\c2cccs2)C(=O)NCCSCc2ccc(C)cc2)cc1OC. The Morgan fingerprint density at radius 1 is 1.03 bits per heavy atom. The summed E-state index contributed by atoms with van der Waals surface area (Å²) in [6.07, 6.45) is 1.68. The van der Waals surface area contributed by atoms with Crippen molar-refractivity contribution in [2.75, 3.05) is 26.5 Å². The minimum Gasteiger partial charge on any atom is -0.493 e. The summed E-state index contributed by atoms with van der Waals surface area (Å²) in [7, 11) is 3.04. The number of hydrogen-bond donors (Lipinski definition) is 2. The number of ether oxygens (including phenoxy) is 2. The van der Waals surface area contributed by atoms with Crippen LogP contribution in [0.5, 0.6) is 11.5 Å². The van der Waals surface area contributed by atoms with Crippen LogP contribution in [-0.2, 0) is 10.5 Å². The standard InChI is InChI=1S/C26H28N2O4S2/c1-18-6-8-19(9-7-18)17-33-14-12-27-26(30)22(16-21-5-4-13-34-21)28-25(29)20-10-11-23(31-2)24(15-20)32-3/h4-11,13,15-16H,12,14,17H2,1-3H3,(H,27,30)(H,28,29)/b22-16-. The molecule has 3 aromatic rings. The fourth-order valence-electron chi connectivity index (χ4n) is 3.05. The highest BCUT2D eigenvalue weighted by Gasteiger charge is 2.16. The van der Waals surface area contributed by atoms with Gasteiger partial charge in [0.15, 0.2) is 11.5 Å². The average molecular weight is 497 g/mol. The number of nitrogens with one attached hydrogen (secondary N) is 2. The predicted octanol–water partition coefficient (Wildman–Crippen LogP) is 4.89. The molecule has 2 N–H and O–H groups in total. The van der Waals surface area contributed by atoms with E-state index in [9.17, 15) is 9.59 Å². The van der Waals surface area contributed by atoms with Crippen molar-refractivity contribution in [2.45, 2.75) is 12.7 Å². The second kappa shape index (κ2) is 12.9. The second-order valence-corrected chi connectivity index (χ2v) is 9.48. The molecule has 0 bridgehead atoms. The summed E-state index contributed by atoms with van der Waals surface area (Å²) in [4.78, 5) is 26.6. The smallest absolute Gasteiger partial charge is 0.267 e. The third-order valence-corrected chi connectivity index (χ3v) is 6.74. The first-order chi connectivity index (χ1) is 16.5. The highest BCUT2D eigenvalue weighted by atomic mass is 32.2. The predicted molar refractivity (Wildman–Crippen MR) is 140 cm³/mol. The molecule has 3 rings (SSSR count). The number of hydrogen-bond acceptors (Lipinski definition) is 6. The van der Waals surface area contributed by atoms with E-state index in [2.05, 4.69) is 41.8 Å². The Labute approximate surface area is 208 Å². The summed E-state index contributed by atoms with van der Waals surface area (Å²) >= 11 is 3.23. The molecular weight excluding hydrogens is 468 g/mol. The Morgan fingerprint density at radius 2 is 1.79 bits per heavy atom. The van der Waals surface area contributed by atoms with Crippen molar-refractivity contribution >= 4 is 41.0 Å². The van der Waals surface area contributed by atoms with E-state index in [1.54, 1.807) is 36.0 Å². The maximum absolute atomic E-state index is 12.9. The molecule has 0 aliphatic carbocycles. The Bertz CT molecular complexity index is 1130. The summed E-state index contributed by atoms with van der Waals surface area (Å²) in [5.74, 6) is 1.86. The third kappa shape index (κ3) is 7.40. The van der Waals surface area contributed by atoms with Crippen LogP contribution in [0, 0.1) is 6.92 Å². The van der Waals surface area contributed by atoms with Gasteiger partial charge in [-0.2, -0.15) is 11.8 Å². The lowest BCUT2D eigenvalue weighted by molar-refractivity contribution is -0.117. The molecule has 0 aliphatic heterocycles. The maximum atomic E-state index is 12.9. The van der Waals surface area contributed by atoms with E-state index in [4.69, 9.17) is 9.47 Å². The van der Waals surface area contributed by atoms with Crippen molar-refractivity contribution < 1.29 is 19.1 Å². The molecule has 0 fully saturated rings. The molecule has 178 valence electrons. The molecule has 8 heteroatoms. The molecule has 1 heterocycles. The van der Waals surface area contributed by atoms with E-state index in [1.165, 1.54) is 36.7 Å². The number of carbonyl (C=O) groups excluding carboxylic acids is 2. The minimum absolute atomic E-state index is 0.186. The summed E-state index contributed by atoms with van der Waals surface area (Å²) in [6, 6.07) is 17.1. The minimum atomic E-state index is -0.410. The first-order valence-electron chi connectivity index (χ1n) is 10.7. The number of carbonyl (C=O) groups is 2. The number of amides is 2. The summed E-state index contributed by atoms with van der Waals surface area (Å²) < 4.78 is 10.5. The Morgan fingerprint density at radius 3 is 2.47 bits per heavy atom. The maximum Gasteiger partial charge on any atom is 0.267 e. The molecular formula is C26H28N2O4S2. The Kier molecular flexibility index (Phi) is 9.61. The highest BCUT2D eigenvalue weighted by Crippen LogP contribution is 2.27. The van der Waals surface area contributed by atoms with Crippen LogP contribution in [0.3, 0.4) is 0 Å². The van der Waals surface area contributed by atoms with Crippen LogP contribution in [0.15, 0.2) is 65.7 Å². The second-order valence-electron chi connectivity index (χ2n) is 7.39. The Balaban J connectivity index is 1.61. The van der Waals surface area contributed by atoms with E-state index in [1.807, 2.05) is 17.5 Å². The first kappa shape index (κ1) is 25.4. The van der Waals surface area contributed by atoms with Crippen LogP contribution in [-0.4, -0.2) is 38.3 Å². The molecule has 2 amide bonds. The largest absolute Gasteiger partial charge is 0.493 e. The number of methoxy groups -OCH3 is 2. The van der Waals surface area contributed by atoms with E-state index < -0.39 is 5.91 Å². The van der Waals surface area contributed by atoms with Gasteiger partial charge in [0.2, 0.25) is 0 Å². The van der Waals surface area contributed by atoms with Gasteiger partial charge in [0.05, 0.1) is 14.2 Å². The van der Waals surface area contributed by atoms with Crippen LogP contribution in [0.1, 0.15) is 26.4 Å². The molecule has 0 radical (unpaired) electrons. The normalized spacial score (nSPS) is 11.1. The van der Waals surface area contributed by atoms with E-state index in [0.717, 1.165) is 16.4 Å². The lowest BCUT2D eigenvalue weighted by atomic mass is 10.1. The van der Waals surface area contributed by atoms with Gasteiger partial charge in [-0.3, -0.25) is 9.59 Å². The molecule has 0 spiro atoms. The van der Waals surface area contributed by atoms with E-state index >= 15 is 0 Å². The van der Waals surface area contributed by atoms with Gasteiger partial charge >= 0.3 is 0 Å². The topological polar surface area (TPSA) is 76.7 Å². The monoisotopic (exact) mass is 496 g/mol. The third-order valence-electron chi connectivity index (χ3n) is 4.89. The van der Waals surface area contributed by atoms with Gasteiger partial charge in [0, 0.05) is 28.5 Å². The molecule has 6 nitrogen and oxygen atoms in total. The van der Waals surface area contributed by atoms with Crippen molar-refractivity contribution in [3.63, 3.8) is 0 Å². The molecule has 2 aromatic carbocycles. The molecule has 0 saturated carbocycles. The number of thioether (sulfide) groups is 1. The van der Waals surface area contributed by atoms with Gasteiger partial charge in [-0.15, -0.1) is 11.3 Å². The number of thiophene rings is 1. The van der Waals surface area contributed by atoms with Crippen LogP contribution in [0.4, 0.5) is 0 Å². The van der Waals surface area contributed by atoms with Gasteiger partial charge in [-0.1, -0.05) is 35.9 Å². The zero-order chi connectivity index (χ0) is 24.3. The van der Waals surface area contributed by atoms with Crippen molar-refractivity contribution in [1.29, 1.82) is 0 Å². The van der Waals surface area contributed by atoms with Crippen molar-refractivity contribution in [3.8, 4) is 11.5 Å². The summed E-state index contributed by atoms with van der Waals surface area (Å²) in [6.45, 7) is 2.56. The summed E-state index contributed by atoms with van der Waals surface area (Å²) in [5.41, 5.74) is 3.03. The van der Waals surface area contributed by atoms with Gasteiger partial charge in [-0.25, -0.2) is 0 Å². The van der Waals surface area contributed by atoms with Gasteiger partial charge in [-0.05, 0) is 48.2 Å². The van der Waals surface area contributed by atoms with Crippen LogP contribution in [0.25, 0.3) is 6.08 Å². The molecule has 1 aromatic heterocycles. The molecule has 0 atom stereocenters. The Hall–Kier alpha value is -3.23. The number of benzene rings is 2. The van der Waals surface area contributed by atoms with Crippen LogP contribution in [0.2, 0.25) is 0 Å². The molecule has 0 unspecified atom stereocenters. The molecule has 0 aliphatic rings. The average Bonchev–Trinajstić information content (AvgIpc) is 3.37. The quantitative estimate of drug-likeness (QED) is 0.292. The van der Waals surface area contributed by atoms with Crippen LogP contribution >= 0.6 is 23.1 Å². The van der Waals surface area contributed by atoms with Gasteiger partial charge < -0.3 is 20.1 Å². The van der Waals surface area contributed by atoms with Crippen LogP contribution < -0.4 is 20.1 Å². The van der Waals surface area contributed by atoms with Gasteiger partial charge in [0.1, 0.15) is 5.70 Å². The van der Waals surface area contributed by atoms with Gasteiger partial charge in [0.25, 0.3) is 11.8 Å². The number of aryl methyl sites for hydroxylation is 1. The highest BCUT2D eigenvalue weighted by molar-refractivity contribution is 7.98. The molecule has 34 heavy (non-hydrogen) atoms. The lowest BCUT2D eigenvalue weighted by Crippen LogP contribution is -2.35. The molecule has 0 saturated heterocycles. The van der Waals surface area contributed by atoms with Crippen molar-refractivity contribution in [1.82, 2.24) is 10.6 Å².